The summed E-state index contributed by atoms with van der Waals surface area (Å²) < 4.78 is 70.9. The van der Waals surface area contributed by atoms with Gasteiger partial charge in [0.25, 0.3) is 11.9 Å². The van der Waals surface area contributed by atoms with Crippen molar-refractivity contribution in [3.63, 3.8) is 0 Å². The molecule has 0 aliphatic carbocycles. The molecular weight excluding hydrogens is 394 g/mol. The molecule has 0 unspecified atom stereocenters. The molecule has 158 valence electrons. The van der Waals surface area contributed by atoms with Crippen LogP contribution in [0.15, 0.2) is 12.1 Å². The number of hydrogen-bond acceptors (Lipinski definition) is 6. The van der Waals surface area contributed by atoms with Gasteiger partial charge < -0.3 is 19.1 Å². The highest BCUT2D eigenvalue weighted by Gasteiger charge is 2.28. The van der Waals surface area contributed by atoms with E-state index in [1.807, 2.05) is 11.0 Å². The lowest BCUT2D eigenvalue weighted by Gasteiger charge is -2.36. The van der Waals surface area contributed by atoms with Crippen LogP contribution in [0.4, 0.5) is 23.2 Å². The fourth-order valence-corrected chi connectivity index (χ4v) is 3.41. The number of hydrogen-bond donors (Lipinski definition) is 0. The summed E-state index contributed by atoms with van der Waals surface area (Å²) >= 11 is 0. The van der Waals surface area contributed by atoms with Crippen LogP contribution in [0.25, 0.3) is 0 Å². The molecule has 1 aliphatic rings. The van der Waals surface area contributed by atoms with Crippen molar-refractivity contribution in [2.24, 2.45) is 0 Å². The minimum atomic E-state index is -1.66. The lowest BCUT2D eigenvalue weighted by Crippen LogP contribution is -2.46. The third-order valence-electron chi connectivity index (χ3n) is 4.84. The van der Waals surface area contributed by atoms with Gasteiger partial charge in [-0.05, 0) is 6.07 Å². The Balaban J connectivity index is 1.75. The van der Waals surface area contributed by atoms with E-state index < -0.39 is 29.2 Å². The SMILES string of the molecule is COc1ccc(CN2CCN(c3c(F)c(F)nc(F)c3F)CC2)c(OC)c1OC. The Morgan fingerprint density at radius 1 is 0.828 bits per heavy atom. The number of aromatic nitrogens is 1. The predicted octanol–water partition coefficient (Wildman–Crippen LogP) is 2.99. The van der Waals surface area contributed by atoms with Gasteiger partial charge in [-0.15, -0.1) is 0 Å². The van der Waals surface area contributed by atoms with Gasteiger partial charge >= 0.3 is 0 Å². The summed E-state index contributed by atoms with van der Waals surface area (Å²) in [5.74, 6) is -4.75. The highest BCUT2D eigenvalue weighted by atomic mass is 19.2. The Hall–Kier alpha value is -2.75. The minimum Gasteiger partial charge on any atom is -0.493 e. The van der Waals surface area contributed by atoms with Crippen LogP contribution in [0.3, 0.4) is 0 Å². The maximum atomic E-state index is 14.0. The number of benzene rings is 1. The summed E-state index contributed by atoms with van der Waals surface area (Å²) in [4.78, 5) is 5.90. The van der Waals surface area contributed by atoms with E-state index in [0.717, 1.165) is 5.56 Å². The number of pyridine rings is 1. The molecule has 2 heterocycles. The third-order valence-corrected chi connectivity index (χ3v) is 4.84. The average molecular weight is 415 g/mol. The first-order chi connectivity index (χ1) is 13.9. The van der Waals surface area contributed by atoms with Gasteiger partial charge in [-0.1, -0.05) is 6.07 Å². The monoisotopic (exact) mass is 415 g/mol. The Labute approximate surface area is 165 Å². The molecule has 0 bridgehead atoms. The van der Waals surface area contributed by atoms with E-state index >= 15 is 0 Å². The molecular formula is C19H21F4N3O3. The number of methoxy groups -OCH3 is 3. The van der Waals surface area contributed by atoms with Gasteiger partial charge in [-0.3, -0.25) is 4.90 Å². The molecule has 1 aromatic carbocycles. The van der Waals surface area contributed by atoms with Crippen molar-refractivity contribution in [1.82, 2.24) is 9.88 Å². The second-order valence-electron chi connectivity index (χ2n) is 6.43. The standard InChI is InChI=1S/C19H21F4N3O3/c1-27-12-5-4-11(16(28-2)17(12)29-3)10-25-6-8-26(9-7-25)15-13(20)18(22)24-19(23)14(15)21/h4-5H,6-10H2,1-3H3. The van der Waals surface area contributed by atoms with Crippen molar-refractivity contribution in [3.8, 4) is 17.2 Å². The number of halogens is 4. The summed E-state index contributed by atoms with van der Waals surface area (Å²) in [5, 5.41) is 0. The van der Waals surface area contributed by atoms with Crippen LogP contribution in [0.5, 0.6) is 17.2 Å². The molecule has 0 N–H and O–H groups in total. The van der Waals surface area contributed by atoms with Crippen LogP contribution in [0, 0.1) is 23.5 Å². The van der Waals surface area contributed by atoms with E-state index in [1.54, 1.807) is 6.07 Å². The Morgan fingerprint density at radius 2 is 1.41 bits per heavy atom. The van der Waals surface area contributed by atoms with Crippen molar-refractivity contribution < 1.29 is 31.8 Å². The van der Waals surface area contributed by atoms with Crippen molar-refractivity contribution in [2.75, 3.05) is 52.4 Å². The van der Waals surface area contributed by atoms with E-state index in [1.165, 1.54) is 26.2 Å². The summed E-state index contributed by atoms with van der Waals surface area (Å²) in [6.07, 6.45) is 0. The molecule has 1 aromatic heterocycles. The van der Waals surface area contributed by atoms with E-state index in [9.17, 15) is 17.6 Å². The first-order valence-electron chi connectivity index (χ1n) is 8.86. The van der Waals surface area contributed by atoms with Gasteiger partial charge in [-0.2, -0.15) is 22.5 Å². The Morgan fingerprint density at radius 3 is 1.93 bits per heavy atom. The smallest absolute Gasteiger partial charge is 0.253 e. The molecule has 6 nitrogen and oxygen atoms in total. The van der Waals surface area contributed by atoms with Crippen molar-refractivity contribution in [2.45, 2.75) is 6.54 Å². The summed E-state index contributed by atoms with van der Waals surface area (Å²) in [6.45, 7) is 1.70. The first-order valence-corrected chi connectivity index (χ1v) is 8.86. The molecule has 0 amide bonds. The van der Waals surface area contributed by atoms with Crippen molar-refractivity contribution in [1.29, 1.82) is 0 Å². The second kappa shape index (κ2) is 8.73. The molecule has 0 radical (unpaired) electrons. The molecule has 0 saturated carbocycles. The maximum Gasteiger partial charge on any atom is 0.253 e. The highest BCUT2D eigenvalue weighted by Crippen LogP contribution is 2.40. The van der Waals surface area contributed by atoms with Gasteiger partial charge in [0.15, 0.2) is 11.5 Å². The molecule has 10 heteroatoms. The zero-order valence-corrected chi connectivity index (χ0v) is 16.3. The summed E-state index contributed by atoms with van der Waals surface area (Å²) in [5.41, 5.74) is 0.121. The lowest BCUT2D eigenvalue weighted by atomic mass is 10.1. The van der Waals surface area contributed by atoms with Crippen LogP contribution in [-0.4, -0.2) is 57.4 Å². The van der Waals surface area contributed by atoms with Crippen molar-refractivity contribution in [3.05, 3.63) is 41.2 Å². The number of piperazine rings is 1. The van der Waals surface area contributed by atoms with Crippen LogP contribution < -0.4 is 19.1 Å². The fraction of sp³-hybridized carbons (Fsp3) is 0.421. The Bertz CT molecular complexity index is 863. The Kier molecular flexibility index (Phi) is 6.31. The largest absolute Gasteiger partial charge is 0.493 e. The van der Waals surface area contributed by atoms with Gasteiger partial charge in [0, 0.05) is 38.3 Å². The normalized spacial score (nSPS) is 14.8. The van der Waals surface area contributed by atoms with Crippen LogP contribution in [0.2, 0.25) is 0 Å². The van der Waals surface area contributed by atoms with Gasteiger partial charge in [-0.25, -0.2) is 0 Å². The zero-order valence-electron chi connectivity index (χ0n) is 16.3. The van der Waals surface area contributed by atoms with Crippen LogP contribution >= 0.6 is 0 Å². The molecule has 1 aliphatic heterocycles. The highest BCUT2D eigenvalue weighted by molar-refractivity contribution is 5.56. The summed E-state index contributed by atoms with van der Waals surface area (Å²) in [6, 6.07) is 3.61. The average Bonchev–Trinajstić information content (AvgIpc) is 2.73. The molecule has 1 saturated heterocycles. The molecule has 0 spiro atoms. The predicted molar refractivity (Wildman–Crippen MR) is 97.7 cm³/mol. The fourth-order valence-electron chi connectivity index (χ4n) is 3.41. The quantitative estimate of drug-likeness (QED) is 0.534. The van der Waals surface area contributed by atoms with E-state index in [0.29, 0.717) is 36.9 Å². The first kappa shape index (κ1) is 21.0. The minimum absolute atomic E-state index is 0.187. The number of ether oxygens (including phenoxy) is 3. The number of rotatable bonds is 6. The molecule has 3 rings (SSSR count). The van der Waals surface area contributed by atoms with Crippen molar-refractivity contribution >= 4 is 5.69 Å². The van der Waals surface area contributed by atoms with Crippen LogP contribution in [-0.2, 0) is 6.54 Å². The van der Waals surface area contributed by atoms with Gasteiger partial charge in [0.1, 0.15) is 5.69 Å². The maximum absolute atomic E-state index is 14.0. The molecule has 29 heavy (non-hydrogen) atoms. The lowest BCUT2D eigenvalue weighted by molar-refractivity contribution is 0.241. The molecule has 1 fully saturated rings. The van der Waals surface area contributed by atoms with E-state index in [2.05, 4.69) is 4.98 Å². The molecule has 2 aromatic rings. The van der Waals surface area contributed by atoms with E-state index in [-0.39, 0.29) is 13.1 Å². The number of anilines is 1. The topological polar surface area (TPSA) is 47.1 Å². The van der Waals surface area contributed by atoms with E-state index in [4.69, 9.17) is 14.2 Å². The third kappa shape index (κ3) is 4.02. The second-order valence-corrected chi connectivity index (χ2v) is 6.43. The molecule has 0 atom stereocenters. The summed E-state index contributed by atoms with van der Waals surface area (Å²) in [7, 11) is 4.56. The van der Waals surface area contributed by atoms with Crippen LogP contribution in [0.1, 0.15) is 5.56 Å². The van der Waals surface area contributed by atoms with Gasteiger partial charge in [0.05, 0.1) is 21.3 Å². The number of nitrogens with zero attached hydrogens (tertiary/aromatic N) is 3. The zero-order chi connectivity index (χ0) is 21.1. The van der Waals surface area contributed by atoms with Gasteiger partial charge in [0.2, 0.25) is 17.4 Å².